The maximum Gasteiger partial charge on any atom is 0.319 e. The third kappa shape index (κ3) is 3.68. The van der Waals surface area contributed by atoms with E-state index in [4.69, 9.17) is 11.6 Å². The molecule has 3 N–H and O–H groups in total. The molecule has 2 amide bonds. The van der Waals surface area contributed by atoms with Crippen molar-refractivity contribution in [2.24, 2.45) is 0 Å². The van der Waals surface area contributed by atoms with Crippen LogP contribution in [0.5, 0.6) is 0 Å². The van der Waals surface area contributed by atoms with Gasteiger partial charge in [0.1, 0.15) is 5.82 Å². The number of aromatic amines is 1. The summed E-state index contributed by atoms with van der Waals surface area (Å²) in [4.78, 5) is 20.1. The van der Waals surface area contributed by atoms with Crippen molar-refractivity contribution in [3.05, 3.63) is 47.5 Å². The molecule has 1 fully saturated rings. The Morgan fingerprint density at radius 2 is 1.92 bits per heavy atom. The highest BCUT2D eigenvalue weighted by molar-refractivity contribution is 6.33. The second-order valence-corrected chi connectivity index (χ2v) is 7.14. The summed E-state index contributed by atoms with van der Waals surface area (Å²) in [5.41, 5.74) is 3.29. The number of amides is 2. The third-order valence-electron chi connectivity index (χ3n) is 4.81. The van der Waals surface area contributed by atoms with E-state index < -0.39 is 0 Å². The van der Waals surface area contributed by atoms with Crippen molar-refractivity contribution in [1.82, 2.24) is 15.3 Å². The lowest BCUT2D eigenvalue weighted by atomic mass is 9.96. The first kappa shape index (κ1) is 16.9. The average molecular weight is 369 g/mol. The monoisotopic (exact) mass is 368 g/mol. The number of nitrogens with zero attached hydrogens (tertiary/aromatic N) is 1. The molecule has 1 aromatic heterocycles. The van der Waals surface area contributed by atoms with Crippen molar-refractivity contribution >= 4 is 34.4 Å². The van der Waals surface area contributed by atoms with Crippen LogP contribution in [0.25, 0.3) is 22.4 Å². The molecular weight excluding hydrogens is 348 g/mol. The number of nitrogens with one attached hydrogen (secondary N) is 3. The molecule has 3 aromatic rings. The van der Waals surface area contributed by atoms with Gasteiger partial charge in [-0.25, -0.2) is 9.78 Å². The van der Waals surface area contributed by atoms with E-state index in [1.54, 1.807) is 12.1 Å². The Labute approximate surface area is 157 Å². The molecule has 0 bridgehead atoms. The van der Waals surface area contributed by atoms with Crippen LogP contribution in [0.15, 0.2) is 42.5 Å². The third-order valence-corrected chi connectivity index (χ3v) is 5.14. The van der Waals surface area contributed by atoms with Crippen LogP contribution < -0.4 is 10.6 Å². The van der Waals surface area contributed by atoms with Crippen LogP contribution in [-0.2, 0) is 0 Å². The number of halogens is 1. The molecule has 0 radical (unpaired) electrons. The fraction of sp³-hybridized carbons (Fsp3) is 0.300. The normalized spacial score (nSPS) is 15.1. The minimum absolute atomic E-state index is 0.172. The lowest BCUT2D eigenvalue weighted by molar-refractivity contribution is 0.244. The van der Waals surface area contributed by atoms with Crippen LogP contribution in [0.3, 0.4) is 0 Å². The number of para-hydroxylation sites is 2. The van der Waals surface area contributed by atoms with Gasteiger partial charge in [0.15, 0.2) is 0 Å². The van der Waals surface area contributed by atoms with E-state index in [1.165, 1.54) is 19.3 Å². The summed E-state index contributed by atoms with van der Waals surface area (Å²) in [5, 5.41) is 6.55. The van der Waals surface area contributed by atoms with Crippen molar-refractivity contribution < 1.29 is 4.79 Å². The molecule has 4 rings (SSSR count). The number of carbonyl (C=O) groups is 1. The van der Waals surface area contributed by atoms with Crippen LogP contribution >= 0.6 is 11.6 Å². The van der Waals surface area contributed by atoms with Gasteiger partial charge in [-0.15, -0.1) is 0 Å². The van der Waals surface area contributed by atoms with Gasteiger partial charge in [-0.3, -0.25) is 0 Å². The number of hydrogen-bond acceptors (Lipinski definition) is 2. The Kier molecular flexibility index (Phi) is 4.80. The molecule has 0 aliphatic heterocycles. The first-order valence-electron chi connectivity index (χ1n) is 9.01. The summed E-state index contributed by atoms with van der Waals surface area (Å²) in [7, 11) is 0. The Balaban J connectivity index is 1.53. The number of rotatable bonds is 3. The zero-order valence-electron chi connectivity index (χ0n) is 14.4. The van der Waals surface area contributed by atoms with Crippen molar-refractivity contribution in [2.75, 3.05) is 5.32 Å². The molecule has 6 heteroatoms. The first-order chi connectivity index (χ1) is 12.7. The largest absolute Gasteiger partial charge is 0.338 e. The number of benzene rings is 2. The number of urea groups is 1. The smallest absolute Gasteiger partial charge is 0.319 e. The molecule has 1 aliphatic carbocycles. The lowest BCUT2D eigenvalue weighted by Crippen LogP contribution is -2.39. The van der Waals surface area contributed by atoms with Crippen LogP contribution in [0, 0.1) is 0 Å². The maximum atomic E-state index is 12.3. The Bertz CT molecular complexity index is 897. The van der Waals surface area contributed by atoms with Gasteiger partial charge >= 0.3 is 6.03 Å². The highest BCUT2D eigenvalue weighted by Crippen LogP contribution is 2.30. The van der Waals surface area contributed by atoms with Gasteiger partial charge in [0.05, 0.1) is 16.1 Å². The average Bonchev–Trinajstić information content (AvgIpc) is 3.08. The predicted octanol–water partition coefficient (Wildman–Crippen LogP) is 5.34. The SMILES string of the molecule is O=C(Nc1ccc(Cl)c(-c2nc3ccccc3[nH]2)c1)NC1CCCCC1. The zero-order chi connectivity index (χ0) is 17.9. The van der Waals surface area contributed by atoms with Gasteiger partial charge < -0.3 is 15.6 Å². The highest BCUT2D eigenvalue weighted by Gasteiger charge is 2.16. The van der Waals surface area contributed by atoms with Gasteiger partial charge in [-0.05, 0) is 43.2 Å². The molecule has 0 saturated heterocycles. The zero-order valence-corrected chi connectivity index (χ0v) is 15.1. The van der Waals surface area contributed by atoms with Crippen LogP contribution in [0.1, 0.15) is 32.1 Å². The lowest BCUT2D eigenvalue weighted by Gasteiger charge is -2.22. The van der Waals surface area contributed by atoms with E-state index in [0.717, 1.165) is 29.4 Å². The summed E-state index contributed by atoms with van der Waals surface area (Å²) in [5.74, 6) is 0.688. The molecule has 26 heavy (non-hydrogen) atoms. The Morgan fingerprint density at radius 1 is 1.12 bits per heavy atom. The van der Waals surface area contributed by atoms with E-state index in [0.29, 0.717) is 16.5 Å². The molecule has 0 spiro atoms. The summed E-state index contributed by atoms with van der Waals surface area (Å²) in [6.45, 7) is 0. The molecule has 5 nitrogen and oxygen atoms in total. The Morgan fingerprint density at radius 3 is 2.73 bits per heavy atom. The second kappa shape index (κ2) is 7.38. The quantitative estimate of drug-likeness (QED) is 0.584. The van der Waals surface area contributed by atoms with Gasteiger partial charge in [-0.2, -0.15) is 0 Å². The number of fused-ring (bicyclic) bond motifs is 1. The van der Waals surface area contributed by atoms with E-state index in [-0.39, 0.29) is 12.1 Å². The first-order valence-corrected chi connectivity index (χ1v) is 9.39. The topological polar surface area (TPSA) is 69.8 Å². The van der Waals surface area contributed by atoms with Crippen molar-refractivity contribution in [2.45, 2.75) is 38.1 Å². The highest BCUT2D eigenvalue weighted by atomic mass is 35.5. The summed E-state index contributed by atoms with van der Waals surface area (Å²) in [6, 6.07) is 13.3. The van der Waals surface area contributed by atoms with Crippen molar-refractivity contribution in [3.63, 3.8) is 0 Å². The number of H-pyrrole nitrogens is 1. The van der Waals surface area contributed by atoms with Crippen molar-refractivity contribution in [3.8, 4) is 11.4 Å². The summed E-state index contributed by atoms with van der Waals surface area (Å²) < 4.78 is 0. The molecule has 1 saturated carbocycles. The van der Waals surface area contributed by atoms with Crippen molar-refractivity contribution in [1.29, 1.82) is 0 Å². The maximum absolute atomic E-state index is 12.3. The van der Waals surface area contributed by atoms with E-state index in [1.807, 2.05) is 30.3 Å². The molecular formula is C20H21ClN4O. The van der Waals surface area contributed by atoms with E-state index in [2.05, 4.69) is 20.6 Å². The molecule has 0 unspecified atom stereocenters. The predicted molar refractivity (Wildman–Crippen MR) is 106 cm³/mol. The molecule has 0 atom stereocenters. The number of hydrogen-bond donors (Lipinski definition) is 3. The fourth-order valence-electron chi connectivity index (χ4n) is 3.46. The van der Waals surface area contributed by atoms with Gasteiger partial charge in [0.25, 0.3) is 0 Å². The number of imidazole rings is 1. The minimum Gasteiger partial charge on any atom is -0.338 e. The fourth-order valence-corrected chi connectivity index (χ4v) is 3.67. The van der Waals surface area contributed by atoms with Gasteiger partial charge in [0.2, 0.25) is 0 Å². The van der Waals surface area contributed by atoms with Crippen LogP contribution in [0.2, 0.25) is 5.02 Å². The molecule has 1 heterocycles. The number of anilines is 1. The van der Waals surface area contributed by atoms with Gasteiger partial charge in [-0.1, -0.05) is 43.0 Å². The standard InChI is InChI=1S/C20H21ClN4O/c21-16-11-10-14(23-20(26)22-13-6-2-1-3-7-13)12-15(16)19-24-17-8-4-5-9-18(17)25-19/h4-5,8-13H,1-3,6-7H2,(H,24,25)(H2,22,23,26). The number of aromatic nitrogens is 2. The van der Waals surface area contributed by atoms with Crippen LogP contribution in [-0.4, -0.2) is 22.0 Å². The van der Waals surface area contributed by atoms with E-state index in [9.17, 15) is 4.79 Å². The van der Waals surface area contributed by atoms with E-state index >= 15 is 0 Å². The molecule has 2 aromatic carbocycles. The van der Waals surface area contributed by atoms with Crippen LogP contribution in [0.4, 0.5) is 10.5 Å². The Hall–Kier alpha value is -2.53. The summed E-state index contributed by atoms with van der Waals surface area (Å²) in [6.07, 6.45) is 5.73. The second-order valence-electron chi connectivity index (χ2n) is 6.73. The minimum atomic E-state index is -0.172. The number of carbonyl (C=O) groups excluding carboxylic acids is 1. The molecule has 134 valence electrons. The summed E-state index contributed by atoms with van der Waals surface area (Å²) >= 11 is 6.36. The molecule has 1 aliphatic rings. The van der Waals surface area contributed by atoms with Gasteiger partial charge in [0, 0.05) is 17.3 Å².